The molecule has 1 aromatic heterocycles. The highest BCUT2D eigenvalue weighted by atomic mass is 16.5. The largest absolute Gasteiger partial charge is 0.465 e. The molecule has 0 saturated heterocycles. The third-order valence-corrected chi connectivity index (χ3v) is 2.68. The van der Waals surface area contributed by atoms with Gasteiger partial charge in [0.25, 0.3) is 0 Å². The molecule has 0 unspecified atom stereocenters. The fourth-order valence-corrected chi connectivity index (χ4v) is 1.54. The minimum Gasteiger partial charge on any atom is -0.465 e. The number of nitrogens with one attached hydrogen (secondary N) is 1. The molecule has 0 radical (unpaired) electrons. The summed E-state index contributed by atoms with van der Waals surface area (Å²) in [5.41, 5.74) is 0.449. The number of rotatable bonds is 8. The summed E-state index contributed by atoms with van der Waals surface area (Å²) in [7, 11) is 5.06. The van der Waals surface area contributed by atoms with Crippen molar-refractivity contribution in [1.29, 1.82) is 0 Å². The van der Waals surface area contributed by atoms with Crippen LogP contribution in [0.4, 0.5) is 5.82 Å². The zero-order valence-corrected chi connectivity index (χ0v) is 11.7. The first-order chi connectivity index (χ1) is 9.19. The molecule has 1 N–H and O–H groups in total. The number of hydrogen-bond acceptors (Lipinski definition) is 6. The van der Waals surface area contributed by atoms with Crippen LogP contribution >= 0.6 is 0 Å². The van der Waals surface area contributed by atoms with Crippen LogP contribution in [-0.4, -0.2) is 63.4 Å². The van der Waals surface area contributed by atoms with E-state index in [0.717, 1.165) is 13.1 Å². The number of nitrogens with zero attached hydrogens (tertiary/aromatic N) is 2. The molecular formula is C13H21N3O3. The standard InChI is InChI=1S/C13H21N3O3/c1-16(9-10-18-2)8-7-15-12-11(13(17)19-3)5-4-6-14-12/h4-6H,7-10H2,1-3H3,(H,14,15). The Morgan fingerprint density at radius 3 is 2.89 bits per heavy atom. The molecule has 19 heavy (non-hydrogen) atoms. The number of hydrogen-bond donors (Lipinski definition) is 1. The third-order valence-electron chi connectivity index (χ3n) is 2.68. The van der Waals surface area contributed by atoms with Crippen molar-refractivity contribution in [2.24, 2.45) is 0 Å². The molecule has 0 amide bonds. The maximum Gasteiger partial charge on any atom is 0.341 e. The average Bonchev–Trinajstić information content (AvgIpc) is 2.44. The van der Waals surface area contributed by atoms with Gasteiger partial charge in [0.1, 0.15) is 11.4 Å². The molecule has 106 valence electrons. The molecule has 6 heteroatoms. The van der Waals surface area contributed by atoms with Gasteiger partial charge >= 0.3 is 5.97 Å². The lowest BCUT2D eigenvalue weighted by molar-refractivity contribution is 0.0601. The number of methoxy groups -OCH3 is 2. The van der Waals surface area contributed by atoms with Gasteiger partial charge in [-0.25, -0.2) is 9.78 Å². The van der Waals surface area contributed by atoms with Gasteiger partial charge < -0.3 is 19.7 Å². The van der Waals surface area contributed by atoms with Crippen LogP contribution in [0.3, 0.4) is 0 Å². The van der Waals surface area contributed by atoms with E-state index in [4.69, 9.17) is 9.47 Å². The zero-order chi connectivity index (χ0) is 14.1. The number of pyridine rings is 1. The fourth-order valence-electron chi connectivity index (χ4n) is 1.54. The summed E-state index contributed by atoms with van der Waals surface area (Å²) in [6.07, 6.45) is 1.64. The summed E-state index contributed by atoms with van der Waals surface area (Å²) in [6, 6.07) is 3.40. The maximum atomic E-state index is 11.5. The predicted molar refractivity (Wildman–Crippen MR) is 73.4 cm³/mol. The SMILES string of the molecule is COCCN(C)CCNc1ncccc1C(=O)OC. The second-order valence-corrected chi connectivity index (χ2v) is 4.11. The smallest absolute Gasteiger partial charge is 0.341 e. The Morgan fingerprint density at radius 2 is 2.21 bits per heavy atom. The summed E-state index contributed by atoms with van der Waals surface area (Å²) in [5.74, 6) is 0.165. The van der Waals surface area contributed by atoms with E-state index < -0.39 is 0 Å². The molecule has 1 heterocycles. The molecule has 0 aliphatic carbocycles. The van der Waals surface area contributed by atoms with Gasteiger partial charge in [-0.05, 0) is 19.2 Å². The predicted octanol–water partition coefficient (Wildman–Crippen LogP) is 0.858. The van der Waals surface area contributed by atoms with Crippen molar-refractivity contribution in [2.75, 3.05) is 52.8 Å². The molecule has 0 atom stereocenters. The molecule has 0 aliphatic heterocycles. The summed E-state index contributed by atoms with van der Waals surface area (Å²) >= 11 is 0. The maximum absolute atomic E-state index is 11.5. The number of carbonyl (C=O) groups is 1. The lowest BCUT2D eigenvalue weighted by Crippen LogP contribution is -2.28. The van der Waals surface area contributed by atoms with Crippen LogP contribution in [0.25, 0.3) is 0 Å². The van der Waals surface area contributed by atoms with Gasteiger partial charge in [-0.15, -0.1) is 0 Å². The number of ether oxygens (including phenoxy) is 2. The molecule has 0 bridgehead atoms. The second kappa shape index (κ2) is 8.44. The molecule has 0 aliphatic rings. The van der Waals surface area contributed by atoms with E-state index in [1.54, 1.807) is 25.4 Å². The zero-order valence-electron chi connectivity index (χ0n) is 11.7. The molecule has 1 aromatic rings. The van der Waals surface area contributed by atoms with Crippen LogP contribution < -0.4 is 5.32 Å². The van der Waals surface area contributed by atoms with Gasteiger partial charge in [-0.1, -0.05) is 0 Å². The van der Waals surface area contributed by atoms with Gasteiger partial charge in [0, 0.05) is 32.9 Å². The Bertz CT molecular complexity index is 398. The lowest BCUT2D eigenvalue weighted by atomic mass is 10.2. The first-order valence-corrected chi connectivity index (χ1v) is 6.13. The van der Waals surface area contributed by atoms with E-state index in [0.29, 0.717) is 24.5 Å². The minimum atomic E-state index is -0.386. The Kier molecular flexibility index (Phi) is 6.84. The summed E-state index contributed by atoms with van der Waals surface area (Å²) in [4.78, 5) is 17.8. The van der Waals surface area contributed by atoms with E-state index in [1.165, 1.54) is 7.11 Å². The van der Waals surface area contributed by atoms with Gasteiger partial charge in [0.15, 0.2) is 0 Å². The molecule has 1 rings (SSSR count). The summed E-state index contributed by atoms with van der Waals surface area (Å²) < 4.78 is 9.72. The van der Waals surface area contributed by atoms with Crippen LogP contribution in [0.5, 0.6) is 0 Å². The van der Waals surface area contributed by atoms with E-state index in [1.807, 2.05) is 7.05 Å². The Balaban J connectivity index is 2.47. The number of likely N-dealkylation sites (N-methyl/N-ethyl adjacent to an activating group) is 1. The van der Waals surface area contributed by atoms with Crippen molar-refractivity contribution in [3.8, 4) is 0 Å². The molecule has 6 nitrogen and oxygen atoms in total. The van der Waals surface area contributed by atoms with E-state index in [9.17, 15) is 4.79 Å². The molecule has 0 spiro atoms. The topological polar surface area (TPSA) is 63.7 Å². The van der Waals surface area contributed by atoms with E-state index in [2.05, 4.69) is 15.2 Å². The van der Waals surface area contributed by atoms with E-state index >= 15 is 0 Å². The Hall–Kier alpha value is -1.66. The van der Waals surface area contributed by atoms with Gasteiger partial charge in [0.2, 0.25) is 0 Å². The molecule has 0 saturated carbocycles. The minimum absolute atomic E-state index is 0.386. The van der Waals surface area contributed by atoms with Crippen LogP contribution in [0, 0.1) is 0 Å². The van der Waals surface area contributed by atoms with Gasteiger partial charge in [-0.3, -0.25) is 0 Å². The summed E-state index contributed by atoms with van der Waals surface area (Å²) in [6.45, 7) is 3.10. The Morgan fingerprint density at radius 1 is 1.42 bits per heavy atom. The van der Waals surface area contributed by atoms with Crippen molar-refractivity contribution >= 4 is 11.8 Å². The van der Waals surface area contributed by atoms with Crippen LogP contribution in [0.2, 0.25) is 0 Å². The number of aromatic nitrogens is 1. The number of carbonyl (C=O) groups excluding carboxylic acids is 1. The van der Waals surface area contributed by atoms with Crippen molar-refractivity contribution in [3.63, 3.8) is 0 Å². The molecular weight excluding hydrogens is 246 g/mol. The van der Waals surface area contributed by atoms with Crippen molar-refractivity contribution in [3.05, 3.63) is 23.9 Å². The first-order valence-electron chi connectivity index (χ1n) is 6.13. The van der Waals surface area contributed by atoms with Gasteiger partial charge in [0.05, 0.1) is 13.7 Å². The van der Waals surface area contributed by atoms with E-state index in [-0.39, 0.29) is 5.97 Å². The highest BCUT2D eigenvalue weighted by molar-refractivity contribution is 5.94. The monoisotopic (exact) mass is 267 g/mol. The molecule has 0 fully saturated rings. The molecule has 0 aromatic carbocycles. The van der Waals surface area contributed by atoms with Crippen LogP contribution in [0.15, 0.2) is 18.3 Å². The average molecular weight is 267 g/mol. The highest BCUT2D eigenvalue weighted by Gasteiger charge is 2.11. The number of esters is 1. The highest BCUT2D eigenvalue weighted by Crippen LogP contribution is 2.11. The summed E-state index contributed by atoms with van der Waals surface area (Å²) in [5, 5.41) is 3.14. The van der Waals surface area contributed by atoms with Crippen molar-refractivity contribution < 1.29 is 14.3 Å². The fraction of sp³-hybridized carbons (Fsp3) is 0.538. The van der Waals surface area contributed by atoms with Gasteiger partial charge in [-0.2, -0.15) is 0 Å². The normalized spacial score (nSPS) is 10.5. The first kappa shape index (κ1) is 15.4. The van der Waals surface area contributed by atoms with Crippen molar-refractivity contribution in [1.82, 2.24) is 9.88 Å². The van der Waals surface area contributed by atoms with Crippen molar-refractivity contribution in [2.45, 2.75) is 0 Å². The Labute approximate surface area is 113 Å². The second-order valence-electron chi connectivity index (χ2n) is 4.11. The van der Waals surface area contributed by atoms with Crippen LogP contribution in [-0.2, 0) is 9.47 Å². The van der Waals surface area contributed by atoms with Crippen LogP contribution in [0.1, 0.15) is 10.4 Å². The lowest BCUT2D eigenvalue weighted by Gasteiger charge is -2.17. The quantitative estimate of drug-likeness (QED) is 0.705. The third kappa shape index (κ3) is 5.23. The number of anilines is 1.